The minimum absolute atomic E-state index is 1.33. The molecule has 0 atom stereocenters. The minimum atomic E-state index is -1.33. The second-order valence-corrected chi connectivity index (χ2v) is 23.5. The van der Waals surface area contributed by atoms with Crippen molar-refractivity contribution < 1.29 is 0 Å². The zero-order valence-corrected chi connectivity index (χ0v) is 14.2. The van der Waals surface area contributed by atoms with Gasteiger partial charge in [-0.1, -0.05) is 50.5 Å². The van der Waals surface area contributed by atoms with E-state index in [1.807, 2.05) is 0 Å². The first-order valence-electron chi connectivity index (χ1n) is 4.70. The molecule has 0 saturated carbocycles. The van der Waals surface area contributed by atoms with Gasteiger partial charge in [0.15, 0.2) is 13.4 Å². The lowest BCUT2D eigenvalue weighted by Crippen LogP contribution is -2.42. The van der Waals surface area contributed by atoms with Gasteiger partial charge in [-0.2, -0.15) is 0 Å². The van der Waals surface area contributed by atoms with Crippen molar-refractivity contribution in [2.45, 2.75) is 26.2 Å². The number of hydrogen-bond donors (Lipinski definition) is 0. The molecule has 0 aromatic heterocycles. The Bertz CT molecular complexity index is 294. The predicted octanol–water partition coefficient (Wildman–Crippen LogP) is 3.30. The Labute approximate surface area is 104 Å². The lowest BCUT2D eigenvalue weighted by Gasteiger charge is -2.19. The van der Waals surface area contributed by atoms with Gasteiger partial charge in [0.1, 0.15) is 0 Å². The Balaban J connectivity index is 3.15. The lowest BCUT2D eigenvalue weighted by molar-refractivity contribution is 1.75. The largest absolute Gasteiger partial charge is 0.154 e. The van der Waals surface area contributed by atoms with Crippen molar-refractivity contribution in [2.24, 2.45) is 0 Å². The standard InChI is InChI=1S/C10H16Br2Si2/c1-13(2,11)9-6-5-7-10(8-9)14(3,4)12/h5-8H,1-4H3. The molecule has 0 nitrogen and oxygen atoms in total. The van der Waals surface area contributed by atoms with Crippen LogP contribution in [0.3, 0.4) is 0 Å². The highest BCUT2D eigenvalue weighted by molar-refractivity contribution is 9.26. The molecule has 0 aliphatic heterocycles. The summed E-state index contributed by atoms with van der Waals surface area (Å²) in [6.45, 7) is 6.60. The molecule has 0 bridgehead atoms. The maximum Gasteiger partial charge on any atom is 0.154 e. The Kier molecular flexibility index (Phi) is 3.84. The summed E-state index contributed by atoms with van der Waals surface area (Å²) in [6, 6.07) is 9.01. The van der Waals surface area contributed by atoms with E-state index in [2.05, 4.69) is 81.0 Å². The van der Waals surface area contributed by atoms with Crippen LogP contribution in [-0.4, -0.2) is 13.4 Å². The number of benzene rings is 1. The Morgan fingerprint density at radius 1 is 0.857 bits per heavy atom. The Morgan fingerprint density at radius 2 is 1.21 bits per heavy atom. The maximum absolute atomic E-state index is 3.83. The van der Waals surface area contributed by atoms with Gasteiger partial charge < -0.3 is 0 Å². The molecule has 0 saturated heterocycles. The highest BCUT2D eigenvalue weighted by Gasteiger charge is 2.23. The SMILES string of the molecule is C[Si](C)(Br)c1cccc([Si](C)(C)Br)c1. The predicted molar refractivity (Wildman–Crippen MR) is 78.5 cm³/mol. The fourth-order valence-electron chi connectivity index (χ4n) is 1.26. The van der Waals surface area contributed by atoms with Crippen molar-refractivity contribution in [3.63, 3.8) is 0 Å². The van der Waals surface area contributed by atoms with Gasteiger partial charge in [0.25, 0.3) is 0 Å². The number of rotatable bonds is 2. The van der Waals surface area contributed by atoms with Crippen molar-refractivity contribution in [3.05, 3.63) is 24.3 Å². The molecule has 1 aromatic rings. The van der Waals surface area contributed by atoms with Crippen molar-refractivity contribution >= 4 is 54.3 Å². The van der Waals surface area contributed by atoms with E-state index in [1.54, 1.807) is 0 Å². The van der Waals surface area contributed by atoms with Gasteiger partial charge in [0.2, 0.25) is 0 Å². The van der Waals surface area contributed by atoms with Crippen LogP contribution in [0.5, 0.6) is 0 Å². The zero-order valence-electron chi connectivity index (χ0n) is 9.07. The Morgan fingerprint density at radius 3 is 1.50 bits per heavy atom. The van der Waals surface area contributed by atoms with Gasteiger partial charge in [-0.15, -0.1) is 30.6 Å². The van der Waals surface area contributed by atoms with Gasteiger partial charge in [-0.25, -0.2) is 0 Å². The van der Waals surface area contributed by atoms with Gasteiger partial charge in [-0.05, 0) is 10.4 Å². The topological polar surface area (TPSA) is 0 Å². The number of hydrogen-bond acceptors (Lipinski definition) is 0. The van der Waals surface area contributed by atoms with Crippen LogP contribution in [0.25, 0.3) is 0 Å². The highest BCUT2D eigenvalue weighted by Crippen LogP contribution is 2.13. The van der Waals surface area contributed by atoms with Gasteiger partial charge in [0, 0.05) is 0 Å². The van der Waals surface area contributed by atoms with Crippen LogP contribution in [-0.2, 0) is 0 Å². The van der Waals surface area contributed by atoms with Crippen LogP contribution in [0.15, 0.2) is 24.3 Å². The van der Waals surface area contributed by atoms with Crippen LogP contribution in [0, 0.1) is 0 Å². The fourth-order valence-corrected chi connectivity index (χ4v) is 4.87. The van der Waals surface area contributed by atoms with Crippen molar-refractivity contribution in [3.8, 4) is 0 Å². The summed E-state index contributed by atoms with van der Waals surface area (Å²) in [5.41, 5.74) is 0. The first-order valence-corrected chi connectivity index (χ1v) is 15.2. The average Bonchev–Trinajstić information content (AvgIpc) is 2.01. The highest BCUT2D eigenvalue weighted by atomic mass is 79.9. The van der Waals surface area contributed by atoms with Crippen LogP contribution < -0.4 is 10.4 Å². The van der Waals surface area contributed by atoms with E-state index in [9.17, 15) is 0 Å². The molecule has 0 amide bonds. The molecule has 0 fully saturated rings. The third-order valence-electron chi connectivity index (χ3n) is 2.24. The van der Waals surface area contributed by atoms with E-state index in [4.69, 9.17) is 0 Å². The van der Waals surface area contributed by atoms with E-state index in [0.717, 1.165) is 0 Å². The third-order valence-corrected chi connectivity index (χ3v) is 8.35. The molecule has 0 N–H and O–H groups in total. The minimum Gasteiger partial charge on any atom is -0.121 e. The van der Waals surface area contributed by atoms with E-state index >= 15 is 0 Å². The zero-order chi connectivity index (χ0) is 11.0. The van der Waals surface area contributed by atoms with E-state index in [0.29, 0.717) is 0 Å². The van der Waals surface area contributed by atoms with E-state index in [1.165, 1.54) is 10.4 Å². The summed E-state index contributed by atoms with van der Waals surface area (Å²) < 4.78 is 0. The second-order valence-electron chi connectivity index (χ2n) is 4.53. The molecule has 0 aliphatic carbocycles. The maximum atomic E-state index is 3.83. The smallest absolute Gasteiger partial charge is 0.121 e. The molecule has 14 heavy (non-hydrogen) atoms. The molecule has 1 aromatic carbocycles. The van der Waals surface area contributed by atoms with Crippen LogP contribution in [0.4, 0.5) is 0 Å². The molecule has 4 heteroatoms. The second kappa shape index (κ2) is 4.24. The molecule has 0 radical (unpaired) electrons. The normalized spacial score (nSPS) is 13.0. The monoisotopic (exact) mass is 350 g/mol. The fraction of sp³-hybridized carbons (Fsp3) is 0.400. The molecule has 0 aliphatic rings. The van der Waals surface area contributed by atoms with Crippen LogP contribution in [0.1, 0.15) is 0 Å². The summed E-state index contributed by atoms with van der Waals surface area (Å²) in [7, 11) is 0. The molecular formula is C10H16Br2Si2. The lowest BCUT2D eigenvalue weighted by atomic mass is 10.4. The van der Waals surface area contributed by atoms with E-state index in [-0.39, 0.29) is 0 Å². The summed E-state index contributed by atoms with van der Waals surface area (Å²) in [5.74, 6) is 0. The van der Waals surface area contributed by atoms with Crippen LogP contribution in [0.2, 0.25) is 26.2 Å². The summed E-state index contributed by atoms with van der Waals surface area (Å²) in [5, 5.41) is 2.96. The van der Waals surface area contributed by atoms with Crippen molar-refractivity contribution in [1.82, 2.24) is 0 Å². The van der Waals surface area contributed by atoms with E-state index < -0.39 is 13.4 Å². The van der Waals surface area contributed by atoms with Gasteiger partial charge in [0.05, 0.1) is 0 Å². The van der Waals surface area contributed by atoms with Gasteiger partial charge >= 0.3 is 0 Å². The summed E-state index contributed by atoms with van der Waals surface area (Å²) in [4.78, 5) is 0. The first kappa shape index (κ1) is 12.7. The molecule has 0 heterocycles. The molecule has 78 valence electrons. The average molecular weight is 352 g/mol. The molecule has 0 spiro atoms. The molecular weight excluding hydrogens is 336 g/mol. The summed E-state index contributed by atoms with van der Waals surface area (Å²) in [6.07, 6.45) is 0. The quantitative estimate of drug-likeness (QED) is 0.566. The summed E-state index contributed by atoms with van der Waals surface area (Å²) >= 11 is 7.65. The van der Waals surface area contributed by atoms with Gasteiger partial charge in [-0.3, -0.25) is 0 Å². The molecule has 0 unspecified atom stereocenters. The Hall–Kier alpha value is 0.614. The van der Waals surface area contributed by atoms with Crippen molar-refractivity contribution in [2.75, 3.05) is 0 Å². The van der Waals surface area contributed by atoms with Crippen LogP contribution >= 0.6 is 30.6 Å². The molecule has 1 rings (SSSR count). The first-order chi connectivity index (χ1) is 6.21. The van der Waals surface area contributed by atoms with Crippen molar-refractivity contribution in [1.29, 1.82) is 0 Å². The number of halogens is 2. The third kappa shape index (κ3) is 3.33.